The Balaban J connectivity index is 1.44. The first-order chi connectivity index (χ1) is 15.4. The van der Waals surface area contributed by atoms with Gasteiger partial charge in [-0.1, -0.05) is 20.8 Å². The molecular weight excluding hydrogens is 414 g/mol. The molecule has 5 nitrogen and oxygen atoms in total. The number of ketones is 1. The Bertz CT molecular complexity index is 765. The van der Waals surface area contributed by atoms with Crippen LogP contribution in [0.4, 0.5) is 0 Å². The average molecular weight is 462 g/mol. The first-order valence-corrected chi connectivity index (χ1v) is 13.5. The molecule has 9 atom stereocenters. The first kappa shape index (κ1) is 25.2. The van der Waals surface area contributed by atoms with E-state index in [1.165, 1.54) is 12.8 Å². The molecule has 0 heterocycles. The van der Waals surface area contributed by atoms with Crippen molar-refractivity contribution in [3.8, 4) is 0 Å². The number of amides is 1. The molecule has 0 aliphatic heterocycles. The van der Waals surface area contributed by atoms with Crippen LogP contribution >= 0.6 is 0 Å². The van der Waals surface area contributed by atoms with E-state index < -0.39 is 5.54 Å². The lowest BCUT2D eigenvalue weighted by Gasteiger charge is -2.60. The fourth-order valence-electron chi connectivity index (χ4n) is 8.92. The molecule has 0 aromatic heterocycles. The van der Waals surface area contributed by atoms with Crippen LogP contribution in [0.2, 0.25) is 0 Å². The maximum absolute atomic E-state index is 13.5. The Morgan fingerprint density at radius 1 is 1.12 bits per heavy atom. The highest BCUT2D eigenvalue weighted by molar-refractivity contribution is 5.83. The van der Waals surface area contributed by atoms with Gasteiger partial charge in [0.25, 0.3) is 0 Å². The molecule has 0 aromatic rings. The fourth-order valence-corrected chi connectivity index (χ4v) is 8.92. The molecule has 4 aliphatic carbocycles. The predicted molar refractivity (Wildman–Crippen MR) is 129 cm³/mol. The van der Waals surface area contributed by atoms with Gasteiger partial charge in [0.05, 0.1) is 18.2 Å². The van der Waals surface area contributed by atoms with Crippen LogP contribution in [0.5, 0.6) is 0 Å². The summed E-state index contributed by atoms with van der Waals surface area (Å²) >= 11 is 0. The Labute approximate surface area is 200 Å². The Hall–Kier alpha value is -0.940. The monoisotopic (exact) mass is 461 g/mol. The maximum Gasteiger partial charge on any atom is 0.220 e. The van der Waals surface area contributed by atoms with Crippen molar-refractivity contribution in [3.05, 3.63) is 0 Å². The lowest BCUT2D eigenvalue weighted by atomic mass is 9.44. The number of carbonyl (C=O) groups is 2. The molecule has 4 aliphatic rings. The van der Waals surface area contributed by atoms with Gasteiger partial charge in [0, 0.05) is 18.8 Å². The van der Waals surface area contributed by atoms with Crippen LogP contribution in [0.25, 0.3) is 0 Å². The van der Waals surface area contributed by atoms with Gasteiger partial charge < -0.3 is 15.5 Å². The minimum absolute atomic E-state index is 0.0187. The lowest BCUT2D eigenvalue weighted by molar-refractivity contribution is -0.160. The van der Waals surface area contributed by atoms with Crippen molar-refractivity contribution < 1.29 is 19.8 Å². The van der Waals surface area contributed by atoms with Crippen LogP contribution in [-0.4, -0.2) is 40.2 Å². The molecule has 4 fully saturated rings. The molecule has 0 unspecified atom stereocenters. The van der Waals surface area contributed by atoms with Crippen LogP contribution in [0.1, 0.15) is 98.8 Å². The second-order valence-corrected chi connectivity index (χ2v) is 13.4. The third-order valence-corrected chi connectivity index (χ3v) is 10.9. The number of Topliss-reactive ketones (excluding diaryl/α,β-unsaturated/α-hetero) is 1. The van der Waals surface area contributed by atoms with E-state index in [9.17, 15) is 19.8 Å². The Kier molecular flexibility index (Phi) is 6.81. The zero-order chi connectivity index (χ0) is 24.2. The van der Waals surface area contributed by atoms with Crippen LogP contribution in [-0.2, 0) is 9.59 Å². The normalized spacial score (nSPS) is 43.9. The van der Waals surface area contributed by atoms with Gasteiger partial charge in [-0.15, -0.1) is 0 Å². The van der Waals surface area contributed by atoms with Crippen molar-refractivity contribution in [1.82, 2.24) is 5.32 Å². The summed E-state index contributed by atoms with van der Waals surface area (Å²) in [6.07, 6.45) is 9.21. The van der Waals surface area contributed by atoms with Crippen molar-refractivity contribution in [3.63, 3.8) is 0 Å². The van der Waals surface area contributed by atoms with Gasteiger partial charge in [0.1, 0.15) is 5.78 Å². The van der Waals surface area contributed by atoms with Gasteiger partial charge >= 0.3 is 0 Å². The van der Waals surface area contributed by atoms with Crippen LogP contribution < -0.4 is 5.32 Å². The van der Waals surface area contributed by atoms with E-state index in [0.717, 1.165) is 38.5 Å². The van der Waals surface area contributed by atoms with Crippen LogP contribution in [0.15, 0.2) is 0 Å². The fraction of sp³-hybridized carbons (Fsp3) is 0.929. The summed E-state index contributed by atoms with van der Waals surface area (Å²) in [5, 5.41) is 22.6. The number of hydrogen-bond acceptors (Lipinski definition) is 4. The number of nitrogens with one attached hydrogen (secondary N) is 1. The zero-order valence-electron chi connectivity index (χ0n) is 21.5. The third kappa shape index (κ3) is 4.42. The number of aliphatic hydroxyl groups excluding tert-OH is 2. The Morgan fingerprint density at radius 2 is 1.79 bits per heavy atom. The highest BCUT2D eigenvalue weighted by Gasteiger charge is 2.63. The van der Waals surface area contributed by atoms with E-state index in [1.54, 1.807) is 0 Å². The average Bonchev–Trinajstić information content (AvgIpc) is 3.10. The molecule has 33 heavy (non-hydrogen) atoms. The molecule has 188 valence electrons. The molecule has 0 saturated heterocycles. The van der Waals surface area contributed by atoms with Crippen LogP contribution in [0.3, 0.4) is 0 Å². The summed E-state index contributed by atoms with van der Waals surface area (Å²) in [7, 11) is 0. The third-order valence-electron chi connectivity index (χ3n) is 10.9. The molecule has 4 rings (SSSR count). The molecular formula is C28H47NO4. The van der Waals surface area contributed by atoms with E-state index in [0.29, 0.717) is 48.2 Å². The minimum atomic E-state index is -0.576. The standard InChI is InChI=1S/C28H47NO4/c1-17(6-9-24(33)29-26(2,3)16-30)20-7-8-21-25-22(11-13-28(20,21)5)27(4)12-10-19(31)14-18(27)15-23(25)32/h17-22,25,30-31H,6-16H2,1-5H3,(H,29,33)/t17-,18+,19-,20-,21+,22+,25+,27+,28-/m1/s1. The second kappa shape index (κ2) is 8.93. The molecule has 4 saturated carbocycles. The largest absolute Gasteiger partial charge is 0.394 e. The predicted octanol–water partition coefficient (Wildman–Crippen LogP) is 4.49. The van der Waals surface area contributed by atoms with E-state index in [-0.39, 0.29) is 35.4 Å². The SMILES string of the molecule is C[C@H](CCC(=O)NC(C)(C)CO)[C@H]1CC[C@H]2[C@@H]3C(=O)C[C@@H]4C[C@H](O)CC[C@]4(C)[C@H]3CC[C@]12C. The first-order valence-electron chi connectivity index (χ1n) is 13.5. The Morgan fingerprint density at radius 3 is 2.48 bits per heavy atom. The van der Waals surface area contributed by atoms with Gasteiger partial charge in [-0.2, -0.15) is 0 Å². The van der Waals surface area contributed by atoms with Crippen molar-refractivity contribution in [2.45, 2.75) is 110 Å². The number of rotatable bonds is 6. The quantitative estimate of drug-likeness (QED) is 0.544. The molecule has 0 spiro atoms. The van der Waals surface area contributed by atoms with Gasteiger partial charge in [0.2, 0.25) is 5.91 Å². The molecule has 0 bridgehead atoms. The van der Waals surface area contributed by atoms with Gasteiger partial charge in [-0.3, -0.25) is 9.59 Å². The molecule has 1 amide bonds. The van der Waals surface area contributed by atoms with E-state index in [1.807, 2.05) is 13.8 Å². The topological polar surface area (TPSA) is 86.6 Å². The summed E-state index contributed by atoms with van der Waals surface area (Å²) in [5.41, 5.74) is -0.178. The molecule has 3 N–H and O–H groups in total. The van der Waals surface area contributed by atoms with Gasteiger partial charge in [-0.05, 0) is 106 Å². The molecule has 5 heteroatoms. The number of fused-ring (bicyclic) bond motifs is 5. The second-order valence-electron chi connectivity index (χ2n) is 13.4. The summed E-state index contributed by atoms with van der Waals surface area (Å²) < 4.78 is 0. The van der Waals surface area contributed by atoms with Crippen molar-refractivity contribution in [2.24, 2.45) is 46.3 Å². The summed E-state index contributed by atoms with van der Waals surface area (Å²) in [6.45, 7) is 10.8. The zero-order valence-corrected chi connectivity index (χ0v) is 21.5. The maximum atomic E-state index is 13.5. The van der Waals surface area contributed by atoms with E-state index in [2.05, 4.69) is 26.1 Å². The minimum Gasteiger partial charge on any atom is -0.394 e. The summed E-state index contributed by atoms with van der Waals surface area (Å²) in [6, 6.07) is 0. The molecule has 0 radical (unpaired) electrons. The lowest BCUT2D eigenvalue weighted by Crippen LogP contribution is -2.57. The smallest absolute Gasteiger partial charge is 0.220 e. The molecule has 0 aromatic carbocycles. The number of aliphatic hydroxyl groups is 2. The highest BCUT2D eigenvalue weighted by atomic mass is 16.3. The summed E-state index contributed by atoms with van der Waals surface area (Å²) in [4.78, 5) is 26.0. The highest BCUT2D eigenvalue weighted by Crippen LogP contribution is 2.67. The van der Waals surface area contributed by atoms with E-state index in [4.69, 9.17) is 0 Å². The van der Waals surface area contributed by atoms with Crippen molar-refractivity contribution >= 4 is 11.7 Å². The van der Waals surface area contributed by atoms with Crippen LogP contribution in [0, 0.1) is 46.3 Å². The van der Waals surface area contributed by atoms with E-state index >= 15 is 0 Å². The van der Waals surface area contributed by atoms with Crippen molar-refractivity contribution in [1.29, 1.82) is 0 Å². The van der Waals surface area contributed by atoms with Gasteiger partial charge in [0.15, 0.2) is 0 Å². The number of hydrogen-bond donors (Lipinski definition) is 3. The number of carbonyl (C=O) groups excluding carboxylic acids is 2. The summed E-state index contributed by atoms with van der Waals surface area (Å²) in [5.74, 6) is 3.03. The van der Waals surface area contributed by atoms with Crippen molar-refractivity contribution in [2.75, 3.05) is 6.61 Å². The van der Waals surface area contributed by atoms with Gasteiger partial charge in [-0.25, -0.2) is 0 Å².